The van der Waals surface area contributed by atoms with E-state index in [1.54, 1.807) is 24.3 Å². The van der Waals surface area contributed by atoms with Crippen LogP contribution in [0.25, 0.3) is 22.4 Å². The van der Waals surface area contributed by atoms with Gasteiger partial charge < -0.3 is 9.47 Å². The van der Waals surface area contributed by atoms with E-state index in [1.165, 1.54) is 11.3 Å². The topological polar surface area (TPSA) is 38.1 Å². The molecule has 5 rings (SSSR count). The number of carbonyl (C=O) groups is 1. The van der Waals surface area contributed by atoms with Gasteiger partial charge in [0.1, 0.15) is 5.82 Å². The number of halogens is 3. The maximum atomic E-state index is 13.5. The largest absolute Gasteiger partial charge is 0.471 e. The smallest absolute Gasteiger partial charge is 0.319 e. The van der Waals surface area contributed by atoms with Gasteiger partial charge in [-0.2, -0.15) is 13.2 Å². The summed E-state index contributed by atoms with van der Waals surface area (Å²) in [6.07, 6.45) is -4.62. The Morgan fingerprint density at radius 1 is 0.946 bits per heavy atom. The minimum absolute atomic E-state index is 0.0639. The summed E-state index contributed by atoms with van der Waals surface area (Å²) in [6, 6.07) is 26.3. The summed E-state index contributed by atoms with van der Waals surface area (Å²) in [5.41, 5.74) is 4.87. The highest BCUT2D eigenvalue weighted by Crippen LogP contribution is 2.30. The molecule has 2 aromatic heterocycles. The van der Waals surface area contributed by atoms with Crippen molar-refractivity contribution in [3.05, 3.63) is 106 Å². The van der Waals surface area contributed by atoms with E-state index < -0.39 is 12.1 Å². The number of aryl methyl sites for hydroxylation is 1. The maximum absolute atomic E-state index is 13.5. The van der Waals surface area contributed by atoms with Crippen molar-refractivity contribution in [1.82, 2.24) is 9.55 Å². The van der Waals surface area contributed by atoms with Crippen molar-refractivity contribution >= 4 is 34.0 Å². The standard InChI is InChI=1S/C29H24F3N3OS/c1-20-16-18-37-26(20)15-17-34(28(36)29(30,31)32)23-13-11-22(12-14-23)27-33-24-9-5-6-10-25(24)35(27)19-21-7-3-2-4-8-21/h2-14,16,18H,15,17,19H2,1H3. The number of amides is 1. The number of nitrogens with zero attached hydrogens (tertiary/aromatic N) is 3. The van der Waals surface area contributed by atoms with Crippen LogP contribution in [0, 0.1) is 6.92 Å². The molecule has 0 spiro atoms. The Kier molecular flexibility index (Phi) is 6.84. The number of benzene rings is 3. The highest BCUT2D eigenvalue weighted by atomic mass is 32.1. The van der Waals surface area contributed by atoms with Gasteiger partial charge in [0.25, 0.3) is 0 Å². The van der Waals surface area contributed by atoms with Crippen LogP contribution in [-0.4, -0.2) is 28.2 Å². The molecular weight excluding hydrogens is 495 g/mol. The van der Waals surface area contributed by atoms with Crippen molar-refractivity contribution in [1.29, 1.82) is 0 Å². The number of imidazole rings is 1. The van der Waals surface area contributed by atoms with Crippen LogP contribution in [0.4, 0.5) is 18.9 Å². The van der Waals surface area contributed by atoms with E-state index in [0.717, 1.165) is 37.5 Å². The Morgan fingerprint density at radius 3 is 2.32 bits per heavy atom. The first-order chi connectivity index (χ1) is 17.8. The minimum Gasteiger partial charge on any atom is -0.319 e. The fourth-order valence-corrected chi connectivity index (χ4v) is 5.29. The number of alkyl halides is 3. The van der Waals surface area contributed by atoms with Crippen LogP contribution in [0.1, 0.15) is 16.0 Å². The molecule has 0 saturated carbocycles. The van der Waals surface area contributed by atoms with E-state index >= 15 is 0 Å². The van der Waals surface area contributed by atoms with Crippen LogP contribution in [0.15, 0.2) is 90.3 Å². The number of thiophene rings is 1. The van der Waals surface area contributed by atoms with E-state index in [-0.39, 0.29) is 12.2 Å². The average molecular weight is 520 g/mol. The van der Waals surface area contributed by atoms with Gasteiger partial charge in [-0.25, -0.2) is 4.98 Å². The molecule has 0 fully saturated rings. The predicted octanol–water partition coefficient (Wildman–Crippen LogP) is 7.26. The van der Waals surface area contributed by atoms with E-state index in [0.29, 0.717) is 18.8 Å². The summed E-state index contributed by atoms with van der Waals surface area (Å²) < 4.78 is 42.4. The van der Waals surface area contributed by atoms with Gasteiger partial charge in [0.15, 0.2) is 0 Å². The quantitative estimate of drug-likeness (QED) is 0.227. The van der Waals surface area contributed by atoms with Crippen molar-refractivity contribution < 1.29 is 18.0 Å². The van der Waals surface area contributed by atoms with Crippen LogP contribution in [0.3, 0.4) is 0 Å². The van der Waals surface area contributed by atoms with Gasteiger partial charge in [-0.1, -0.05) is 42.5 Å². The van der Waals surface area contributed by atoms with Crippen molar-refractivity contribution in [2.45, 2.75) is 26.1 Å². The molecule has 8 heteroatoms. The summed E-state index contributed by atoms with van der Waals surface area (Å²) in [6.45, 7) is 2.45. The van der Waals surface area contributed by atoms with Crippen molar-refractivity contribution in [2.24, 2.45) is 0 Å². The molecule has 2 heterocycles. The number of carbonyl (C=O) groups excluding carboxylic acids is 1. The molecular formula is C29H24F3N3OS. The zero-order valence-corrected chi connectivity index (χ0v) is 20.9. The highest BCUT2D eigenvalue weighted by molar-refractivity contribution is 7.10. The van der Waals surface area contributed by atoms with E-state index in [1.807, 2.05) is 73.0 Å². The fraction of sp³-hybridized carbons (Fsp3) is 0.172. The second-order valence-corrected chi connectivity index (χ2v) is 9.77. The van der Waals surface area contributed by atoms with E-state index in [4.69, 9.17) is 4.98 Å². The first kappa shape index (κ1) is 24.8. The lowest BCUT2D eigenvalue weighted by atomic mass is 10.1. The number of para-hydroxylation sites is 2. The minimum atomic E-state index is -4.97. The van der Waals surface area contributed by atoms with Gasteiger partial charge in [0.05, 0.1) is 11.0 Å². The van der Waals surface area contributed by atoms with Crippen molar-refractivity contribution in [3.8, 4) is 11.4 Å². The molecule has 0 saturated heterocycles. The van der Waals surface area contributed by atoms with Gasteiger partial charge >= 0.3 is 12.1 Å². The van der Waals surface area contributed by atoms with Crippen LogP contribution < -0.4 is 4.90 Å². The lowest BCUT2D eigenvalue weighted by molar-refractivity contribution is -0.170. The molecule has 0 aliphatic carbocycles. The summed E-state index contributed by atoms with van der Waals surface area (Å²) in [4.78, 5) is 18.9. The monoisotopic (exact) mass is 519 g/mol. The molecule has 0 unspecified atom stereocenters. The third-order valence-electron chi connectivity index (χ3n) is 6.29. The molecule has 3 aromatic carbocycles. The van der Waals surface area contributed by atoms with Crippen LogP contribution in [0.5, 0.6) is 0 Å². The fourth-order valence-electron chi connectivity index (χ4n) is 4.39. The molecule has 37 heavy (non-hydrogen) atoms. The van der Waals surface area contributed by atoms with Gasteiger partial charge in [-0.15, -0.1) is 11.3 Å². The number of aromatic nitrogens is 2. The van der Waals surface area contributed by atoms with Crippen LogP contribution >= 0.6 is 11.3 Å². The number of anilines is 1. The highest BCUT2D eigenvalue weighted by Gasteiger charge is 2.43. The zero-order valence-electron chi connectivity index (χ0n) is 20.1. The second-order valence-electron chi connectivity index (χ2n) is 8.77. The summed E-state index contributed by atoms with van der Waals surface area (Å²) in [5.74, 6) is -1.16. The van der Waals surface area contributed by atoms with Gasteiger partial charge in [0, 0.05) is 35.6 Å². The third-order valence-corrected chi connectivity index (χ3v) is 7.38. The normalized spacial score (nSPS) is 11.7. The molecule has 1 amide bonds. The van der Waals surface area contributed by atoms with Crippen LogP contribution in [0.2, 0.25) is 0 Å². The summed E-state index contributed by atoms with van der Waals surface area (Å²) in [7, 11) is 0. The Balaban J connectivity index is 1.49. The number of hydrogen-bond donors (Lipinski definition) is 0. The average Bonchev–Trinajstić information content (AvgIpc) is 3.48. The summed E-state index contributed by atoms with van der Waals surface area (Å²) in [5, 5.41) is 1.90. The van der Waals surface area contributed by atoms with Gasteiger partial charge in [0.2, 0.25) is 0 Å². The first-order valence-corrected chi connectivity index (χ1v) is 12.7. The van der Waals surface area contributed by atoms with Crippen molar-refractivity contribution in [3.63, 3.8) is 0 Å². The molecule has 0 aliphatic heterocycles. The Hall–Kier alpha value is -3.91. The number of rotatable bonds is 7. The Labute approximate surface area is 216 Å². The lowest BCUT2D eigenvalue weighted by Gasteiger charge is -2.24. The summed E-state index contributed by atoms with van der Waals surface area (Å²) >= 11 is 1.48. The predicted molar refractivity (Wildman–Crippen MR) is 142 cm³/mol. The van der Waals surface area contributed by atoms with E-state index in [2.05, 4.69) is 4.57 Å². The first-order valence-electron chi connectivity index (χ1n) is 11.8. The second kappa shape index (κ2) is 10.2. The maximum Gasteiger partial charge on any atom is 0.471 e. The lowest BCUT2D eigenvalue weighted by Crippen LogP contribution is -2.42. The number of fused-ring (bicyclic) bond motifs is 1. The molecule has 4 nitrogen and oxygen atoms in total. The zero-order chi connectivity index (χ0) is 26.0. The Bertz CT molecular complexity index is 1520. The molecule has 0 N–H and O–H groups in total. The molecule has 0 aliphatic rings. The van der Waals surface area contributed by atoms with Gasteiger partial charge in [-0.05, 0) is 65.9 Å². The number of hydrogen-bond acceptors (Lipinski definition) is 3. The van der Waals surface area contributed by atoms with Gasteiger partial charge in [-0.3, -0.25) is 4.79 Å². The van der Waals surface area contributed by atoms with Crippen molar-refractivity contribution in [2.75, 3.05) is 11.4 Å². The SMILES string of the molecule is Cc1ccsc1CCN(C(=O)C(F)(F)F)c1ccc(-c2nc3ccccc3n2Cc2ccccc2)cc1. The molecule has 5 aromatic rings. The Morgan fingerprint density at radius 2 is 1.65 bits per heavy atom. The molecule has 0 radical (unpaired) electrons. The molecule has 0 atom stereocenters. The molecule has 0 bridgehead atoms. The molecule has 188 valence electrons. The van der Waals surface area contributed by atoms with Crippen LogP contribution in [-0.2, 0) is 17.8 Å². The van der Waals surface area contributed by atoms with E-state index in [9.17, 15) is 18.0 Å². The third kappa shape index (κ3) is 5.29.